The van der Waals surface area contributed by atoms with Crippen molar-refractivity contribution in [2.45, 2.75) is 26.5 Å². The molecule has 0 unspecified atom stereocenters. The van der Waals surface area contributed by atoms with Crippen LogP contribution in [0.25, 0.3) is 0 Å². The number of hydrogen-bond donors (Lipinski definition) is 2. The zero-order valence-electron chi connectivity index (χ0n) is 14.0. The normalized spacial score (nSPS) is 10.4. The van der Waals surface area contributed by atoms with E-state index in [0.717, 1.165) is 23.7 Å². The highest BCUT2D eigenvalue weighted by Crippen LogP contribution is 2.15. The van der Waals surface area contributed by atoms with Gasteiger partial charge in [-0.15, -0.1) is 0 Å². The van der Waals surface area contributed by atoms with Crippen molar-refractivity contribution in [3.63, 3.8) is 0 Å². The van der Waals surface area contributed by atoms with Gasteiger partial charge in [0.2, 0.25) is 0 Å². The van der Waals surface area contributed by atoms with Gasteiger partial charge in [-0.1, -0.05) is 30.3 Å². The molecule has 0 bridgehead atoms. The maximum absolute atomic E-state index is 5.35. The van der Waals surface area contributed by atoms with Crippen molar-refractivity contribution in [2.24, 2.45) is 0 Å². The molecule has 2 rings (SSSR count). The first kappa shape index (κ1) is 17.8. The van der Waals surface area contributed by atoms with Gasteiger partial charge >= 0.3 is 0 Å². The van der Waals surface area contributed by atoms with Gasteiger partial charge in [0.15, 0.2) is 5.11 Å². The van der Waals surface area contributed by atoms with Gasteiger partial charge in [-0.2, -0.15) is 11.8 Å². The number of aryl methyl sites for hydroxylation is 3. The first-order valence-corrected chi connectivity index (χ1v) is 9.36. The van der Waals surface area contributed by atoms with Crippen LogP contribution in [-0.2, 0) is 5.75 Å². The van der Waals surface area contributed by atoms with Crippen LogP contribution in [0.3, 0.4) is 0 Å². The second-order valence-electron chi connectivity index (χ2n) is 5.74. The van der Waals surface area contributed by atoms with E-state index in [4.69, 9.17) is 12.2 Å². The summed E-state index contributed by atoms with van der Waals surface area (Å²) in [7, 11) is 0. The molecule has 0 aliphatic rings. The number of benzene rings is 2. The largest absolute Gasteiger partial charge is 0.362 e. The van der Waals surface area contributed by atoms with E-state index >= 15 is 0 Å². The average molecular weight is 345 g/mol. The lowest BCUT2D eigenvalue weighted by Crippen LogP contribution is -2.30. The van der Waals surface area contributed by atoms with Crippen LogP contribution < -0.4 is 10.6 Å². The lowest BCUT2D eigenvalue weighted by atomic mass is 10.1. The van der Waals surface area contributed by atoms with Crippen LogP contribution in [0.1, 0.15) is 22.3 Å². The topological polar surface area (TPSA) is 24.1 Å². The monoisotopic (exact) mass is 344 g/mol. The third-order valence-corrected chi connectivity index (χ3v) is 4.78. The minimum atomic E-state index is 0.687. The van der Waals surface area contributed by atoms with Crippen molar-refractivity contribution in [2.75, 3.05) is 17.6 Å². The molecule has 0 fully saturated rings. The quantitative estimate of drug-likeness (QED) is 0.579. The molecule has 0 saturated heterocycles. The second kappa shape index (κ2) is 8.94. The highest BCUT2D eigenvalue weighted by molar-refractivity contribution is 7.98. The molecule has 23 heavy (non-hydrogen) atoms. The molecular formula is C19H24N2S2. The van der Waals surface area contributed by atoms with Crippen LogP contribution in [0, 0.1) is 20.8 Å². The number of thioether (sulfide) groups is 1. The first-order chi connectivity index (χ1) is 11.0. The molecule has 0 aliphatic heterocycles. The molecule has 4 heteroatoms. The van der Waals surface area contributed by atoms with Crippen LogP contribution in [0.5, 0.6) is 0 Å². The summed E-state index contributed by atoms with van der Waals surface area (Å²) in [6.45, 7) is 7.22. The Morgan fingerprint density at radius 2 is 1.74 bits per heavy atom. The van der Waals surface area contributed by atoms with E-state index in [1.807, 2.05) is 11.8 Å². The summed E-state index contributed by atoms with van der Waals surface area (Å²) >= 11 is 7.28. The molecule has 0 radical (unpaired) electrons. The van der Waals surface area contributed by atoms with E-state index in [-0.39, 0.29) is 0 Å². The summed E-state index contributed by atoms with van der Waals surface area (Å²) in [5.41, 5.74) is 6.30. The van der Waals surface area contributed by atoms with E-state index in [2.05, 4.69) is 73.9 Å². The van der Waals surface area contributed by atoms with Gasteiger partial charge in [0, 0.05) is 23.7 Å². The molecule has 2 nitrogen and oxygen atoms in total. The standard InChI is InChI=1S/C19H24N2S2/c1-14-10-15(2)12-18(11-14)21-19(22)20-8-9-23-13-17-7-5-4-6-16(17)3/h4-7,10-12H,8-9,13H2,1-3H3,(H2,20,21,22). The molecular weight excluding hydrogens is 320 g/mol. The van der Waals surface area contributed by atoms with Crippen LogP contribution in [0.15, 0.2) is 42.5 Å². The Labute approximate surface area is 149 Å². The van der Waals surface area contributed by atoms with Gasteiger partial charge < -0.3 is 10.6 Å². The molecule has 0 aliphatic carbocycles. The van der Waals surface area contributed by atoms with Gasteiger partial charge in [0.25, 0.3) is 0 Å². The summed E-state index contributed by atoms with van der Waals surface area (Å²) < 4.78 is 0. The second-order valence-corrected chi connectivity index (χ2v) is 7.25. The molecule has 122 valence electrons. The zero-order valence-corrected chi connectivity index (χ0v) is 15.6. The molecule has 2 N–H and O–H groups in total. The first-order valence-electron chi connectivity index (χ1n) is 7.80. The minimum absolute atomic E-state index is 0.687. The van der Waals surface area contributed by atoms with Gasteiger partial charge in [0.05, 0.1) is 0 Å². The predicted molar refractivity (Wildman–Crippen MR) is 107 cm³/mol. The zero-order chi connectivity index (χ0) is 16.7. The molecule has 0 spiro atoms. The molecule has 0 atom stereocenters. The highest BCUT2D eigenvalue weighted by atomic mass is 32.2. The summed E-state index contributed by atoms with van der Waals surface area (Å²) in [6, 6.07) is 14.9. The average Bonchev–Trinajstić information content (AvgIpc) is 2.47. The van der Waals surface area contributed by atoms with Gasteiger partial charge in [-0.3, -0.25) is 0 Å². The molecule has 0 aromatic heterocycles. The van der Waals surface area contributed by atoms with Crippen molar-refractivity contribution < 1.29 is 0 Å². The fourth-order valence-electron chi connectivity index (χ4n) is 2.41. The van der Waals surface area contributed by atoms with Crippen molar-refractivity contribution in [3.8, 4) is 0 Å². The van der Waals surface area contributed by atoms with E-state index in [1.165, 1.54) is 22.3 Å². The van der Waals surface area contributed by atoms with Gasteiger partial charge in [-0.25, -0.2) is 0 Å². The Kier molecular flexibility index (Phi) is 6.93. The highest BCUT2D eigenvalue weighted by Gasteiger charge is 2.00. The Morgan fingerprint density at radius 3 is 2.43 bits per heavy atom. The third kappa shape index (κ3) is 6.24. The van der Waals surface area contributed by atoms with Crippen molar-refractivity contribution in [1.82, 2.24) is 5.32 Å². The van der Waals surface area contributed by atoms with Gasteiger partial charge in [-0.05, 0) is 67.4 Å². The molecule has 0 saturated carbocycles. The van der Waals surface area contributed by atoms with Gasteiger partial charge in [0.1, 0.15) is 0 Å². The Balaban J connectivity index is 1.68. The maximum atomic E-state index is 5.35. The van der Waals surface area contributed by atoms with Crippen LogP contribution in [0.4, 0.5) is 5.69 Å². The van der Waals surface area contributed by atoms with Crippen LogP contribution in [0.2, 0.25) is 0 Å². The Hall–Kier alpha value is -1.52. The molecule has 2 aromatic carbocycles. The minimum Gasteiger partial charge on any atom is -0.362 e. The number of thiocarbonyl (C=S) groups is 1. The molecule has 0 amide bonds. The number of nitrogens with one attached hydrogen (secondary N) is 2. The van der Waals surface area contributed by atoms with E-state index in [9.17, 15) is 0 Å². The predicted octanol–water partition coefficient (Wildman–Crippen LogP) is 4.83. The van der Waals surface area contributed by atoms with Crippen LogP contribution >= 0.6 is 24.0 Å². The number of hydrogen-bond acceptors (Lipinski definition) is 2. The maximum Gasteiger partial charge on any atom is 0.170 e. The Bertz CT molecular complexity index is 648. The smallest absolute Gasteiger partial charge is 0.170 e. The van der Waals surface area contributed by atoms with E-state index in [0.29, 0.717) is 5.11 Å². The Morgan fingerprint density at radius 1 is 1.04 bits per heavy atom. The molecule has 0 heterocycles. The molecule has 2 aromatic rings. The van der Waals surface area contributed by atoms with Crippen molar-refractivity contribution in [1.29, 1.82) is 0 Å². The summed E-state index contributed by atoms with van der Waals surface area (Å²) in [5, 5.41) is 7.21. The van der Waals surface area contributed by atoms with Crippen molar-refractivity contribution in [3.05, 3.63) is 64.7 Å². The number of anilines is 1. The van der Waals surface area contributed by atoms with E-state index < -0.39 is 0 Å². The third-order valence-electron chi connectivity index (χ3n) is 3.53. The summed E-state index contributed by atoms with van der Waals surface area (Å²) in [4.78, 5) is 0. The van der Waals surface area contributed by atoms with Crippen molar-refractivity contribution >= 4 is 34.8 Å². The number of rotatable bonds is 6. The summed E-state index contributed by atoms with van der Waals surface area (Å²) in [5.74, 6) is 2.08. The SMILES string of the molecule is Cc1cc(C)cc(NC(=S)NCCSCc2ccccc2C)c1. The lowest BCUT2D eigenvalue weighted by molar-refractivity contribution is 0.989. The van der Waals surface area contributed by atoms with E-state index in [1.54, 1.807) is 0 Å². The fraction of sp³-hybridized carbons (Fsp3) is 0.316. The van der Waals surface area contributed by atoms with Crippen LogP contribution in [-0.4, -0.2) is 17.4 Å². The fourth-order valence-corrected chi connectivity index (χ4v) is 3.57. The lowest BCUT2D eigenvalue weighted by Gasteiger charge is -2.12. The summed E-state index contributed by atoms with van der Waals surface area (Å²) in [6.07, 6.45) is 0.